The number of imidazole rings is 1. The maximum atomic E-state index is 12.0. The third-order valence-corrected chi connectivity index (χ3v) is 3.49. The van der Waals surface area contributed by atoms with Gasteiger partial charge in [-0.25, -0.2) is 9.67 Å². The number of aromatic nitrogens is 4. The van der Waals surface area contributed by atoms with E-state index in [1.165, 1.54) is 0 Å². The minimum Gasteiger partial charge on any atom is -0.333 e. The summed E-state index contributed by atoms with van der Waals surface area (Å²) in [7, 11) is 0. The minimum absolute atomic E-state index is 0.0276. The normalized spacial score (nSPS) is 14.4. The van der Waals surface area contributed by atoms with E-state index in [9.17, 15) is 4.79 Å². The molecular formula is C13H17N5O. The summed E-state index contributed by atoms with van der Waals surface area (Å²) in [6, 6.07) is 1.70. The van der Waals surface area contributed by atoms with Crippen LogP contribution in [0.3, 0.4) is 0 Å². The first-order valence-corrected chi connectivity index (χ1v) is 6.52. The standard InChI is InChI=1S/C13H17N5O/c1-10-15-4-5-17(10)6-7-18-13(19)8-11-9-14-3-2-12(11)16-18/h4-5,8,14H,2-3,6-7,9H2,1H3. The third-order valence-electron chi connectivity index (χ3n) is 3.49. The highest BCUT2D eigenvalue weighted by molar-refractivity contribution is 5.20. The predicted octanol–water partition coefficient (Wildman–Crippen LogP) is 0.0941. The molecule has 0 spiro atoms. The molecule has 0 saturated carbocycles. The molecule has 6 heteroatoms. The average Bonchev–Trinajstić information content (AvgIpc) is 2.82. The van der Waals surface area contributed by atoms with Gasteiger partial charge < -0.3 is 9.88 Å². The Labute approximate surface area is 111 Å². The van der Waals surface area contributed by atoms with Gasteiger partial charge in [0.05, 0.1) is 12.2 Å². The summed E-state index contributed by atoms with van der Waals surface area (Å²) < 4.78 is 3.58. The topological polar surface area (TPSA) is 64.7 Å². The first kappa shape index (κ1) is 12.1. The molecule has 0 atom stereocenters. The van der Waals surface area contributed by atoms with E-state index < -0.39 is 0 Å². The minimum atomic E-state index is -0.0276. The second-order valence-corrected chi connectivity index (χ2v) is 4.77. The molecule has 0 saturated heterocycles. The van der Waals surface area contributed by atoms with Crippen LogP contribution in [0.2, 0.25) is 0 Å². The summed E-state index contributed by atoms with van der Waals surface area (Å²) in [6.07, 6.45) is 4.58. The van der Waals surface area contributed by atoms with E-state index in [2.05, 4.69) is 15.4 Å². The second kappa shape index (κ2) is 4.97. The summed E-state index contributed by atoms with van der Waals surface area (Å²) in [5.74, 6) is 0.954. The van der Waals surface area contributed by atoms with Crippen LogP contribution in [0.15, 0.2) is 23.3 Å². The molecule has 3 rings (SSSR count). The molecule has 2 aromatic heterocycles. The van der Waals surface area contributed by atoms with Gasteiger partial charge in [-0.05, 0) is 12.5 Å². The van der Waals surface area contributed by atoms with Crippen molar-refractivity contribution < 1.29 is 0 Å². The predicted molar refractivity (Wildman–Crippen MR) is 70.9 cm³/mol. The number of aryl methyl sites for hydroxylation is 3. The fourth-order valence-corrected chi connectivity index (χ4v) is 2.36. The van der Waals surface area contributed by atoms with Crippen LogP contribution in [0.4, 0.5) is 0 Å². The molecule has 2 aromatic rings. The monoisotopic (exact) mass is 259 g/mol. The molecule has 6 nitrogen and oxygen atoms in total. The Balaban J connectivity index is 1.81. The van der Waals surface area contributed by atoms with Crippen LogP contribution < -0.4 is 10.9 Å². The molecule has 3 heterocycles. The molecule has 0 unspecified atom stereocenters. The zero-order chi connectivity index (χ0) is 13.2. The van der Waals surface area contributed by atoms with Gasteiger partial charge in [-0.2, -0.15) is 5.10 Å². The van der Waals surface area contributed by atoms with Crippen LogP contribution in [0, 0.1) is 6.92 Å². The van der Waals surface area contributed by atoms with Crippen molar-refractivity contribution in [2.45, 2.75) is 33.0 Å². The maximum Gasteiger partial charge on any atom is 0.267 e. The Hall–Kier alpha value is -1.95. The molecule has 0 aliphatic carbocycles. The Bertz CT molecular complexity index is 643. The molecule has 0 aromatic carbocycles. The lowest BCUT2D eigenvalue weighted by Crippen LogP contribution is -2.32. The van der Waals surface area contributed by atoms with Crippen molar-refractivity contribution in [2.75, 3.05) is 6.54 Å². The maximum absolute atomic E-state index is 12.0. The highest BCUT2D eigenvalue weighted by Gasteiger charge is 2.12. The van der Waals surface area contributed by atoms with E-state index in [0.29, 0.717) is 6.54 Å². The number of fused-ring (bicyclic) bond motifs is 1. The van der Waals surface area contributed by atoms with Gasteiger partial charge >= 0.3 is 0 Å². The second-order valence-electron chi connectivity index (χ2n) is 4.77. The fourth-order valence-electron chi connectivity index (χ4n) is 2.36. The third kappa shape index (κ3) is 2.44. The first-order chi connectivity index (χ1) is 9.24. The fraction of sp³-hybridized carbons (Fsp3) is 0.462. The van der Waals surface area contributed by atoms with Gasteiger partial charge in [0.2, 0.25) is 0 Å². The van der Waals surface area contributed by atoms with Crippen molar-refractivity contribution >= 4 is 0 Å². The van der Waals surface area contributed by atoms with Gasteiger partial charge in [0.1, 0.15) is 5.82 Å². The number of nitrogens with one attached hydrogen (secondary N) is 1. The highest BCUT2D eigenvalue weighted by Crippen LogP contribution is 2.07. The Morgan fingerprint density at radius 3 is 3.11 bits per heavy atom. The highest BCUT2D eigenvalue weighted by atomic mass is 16.1. The summed E-state index contributed by atoms with van der Waals surface area (Å²) in [5.41, 5.74) is 2.05. The van der Waals surface area contributed by atoms with E-state index in [0.717, 1.165) is 43.1 Å². The zero-order valence-electron chi connectivity index (χ0n) is 11.0. The van der Waals surface area contributed by atoms with Gasteiger partial charge in [-0.1, -0.05) is 0 Å². The Morgan fingerprint density at radius 1 is 1.42 bits per heavy atom. The lowest BCUT2D eigenvalue weighted by atomic mass is 10.1. The largest absolute Gasteiger partial charge is 0.333 e. The Kier molecular flexibility index (Phi) is 3.16. The average molecular weight is 259 g/mol. The van der Waals surface area contributed by atoms with Crippen molar-refractivity contribution in [1.29, 1.82) is 0 Å². The molecule has 0 amide bonds. The van der Waals surface area contributed by atoms with Crippen molar-refractivity contribution in [2.24, 2.45) is 0 Å². The molecule has 100 valence electrons. The Morgan fingerprint density at radius 2 is 2.32 bits per heavy atom. The van der Waals surface area contributed by atoms with Crippen LogP contribution >= 0.6 is 0 Å². The lowest BCUT2D eigenvalue weighted by Gasteiger charge is -2.17. The number of rotatable bonds is 3. The molecule has 1 N–H and O–H groups in total. The van der Waals surface area contributed by atoms with Crippen molar-refractivity contribution in [3.05, 3.63) is 45.9 Å². The molecule has 1 aliphatic heterocycles. The summed E-state index contributed by atoms with van der Waals surface area (Å²) in [5, 5.41) is 7.72. The smallest absolute Gasteiger partial charge is 0.267 e. The van der Waals surface area contributed by atoms with Crippen molar-refractivity contribution in [3.63, 3.8) is 0 Å². The summed E-state index contributed by atoms with van der Waals surface area (Å²) in [6.45, 7) is 4.93. The molecular weight excluding hydrogens is 242 g/mol. The first-order valence-electron chi connectivity index (χ1n) is 6.52. The number of nitrogens with zero attached hydrogens (tertiary/aromatic N) is 4. The molecule has 1 aliphatic rings. The van der Waals surface area contributed by atoms with Crippen molar-refractivity contribution in [3.8, 4) is 0 Å². The SMILES string of the molecule is Cc1nccn1CCn1nc2c(cc1=O)CNCC2. The van der Waals surface area contributed by atoms with E-state index in [4.69, 9.17) is 0 Å². The van der Waals surface area contributed by atoms with Crippen LogP contribution in [-0.4, -0.2) is 25.9 Å². The van der Waals surface area contributed by atoms with E-state index in [1.807, 2.05) is 17.7 Å². The summed E-state index contributed by atoms with van der Waals surface area (Å²) >= 11 is 0. The van der Waals surface area contributed by atoms with Gasteiger partial charge in [0.25, 0.3) is 5.56 Å². The van der Waals surface area contributed by atoms with E-state index >= 15 is 0 Å². The summed E-state index contributed by atoms with van der Waals surface area (Å²) in [4.78, 5) is 16.2. The number of hydrogen-bond donors (Lipinski definition) is 1. The lowest BCUT2D eigenvalue weighted by molar-refractivity contribution is 0.485. The van der Waals surface area contributed by atoms with Crippen LogP contribution in [0.25, 0.3) is 0 Å². The van der Waals surface area contributed by atoms with Gasteiger partial charge in [0, 0.05) is 44.5 Å². The molecule has 0 bridgehead atoms. The van der Waals surface area contributed by atoms with Gasteiger partial charge in [-0.15, -0.1) is 0 Å². The van der Waals surface area contributed by atoms with Gasteiger partial charge in [0.15, 0.2) is 0 Å². The van der Waals surface area contributed by atoms with E-state index in [-0.39, 0.29) is 5.56 Å². The van der Waals surface area contributed by atoms with E-state index in [1.54, 1.807) is 16.9 Å². The molecule has 0 radical (unpaired) electrons. The molecule has 19 heavy (non-hydrogen) atoms. The van der Waals surface area contributed by atoms with Crippen LogP contribution in [-0.2, 0) is 26.1 Å². The van der Waals surface area contributed by atoms with Crippen molar-refractivity contribution in [1.82, 2.24) is 24.6 Å². The number of hydrogen-bond acceptors (Lipinski definition) is 4. The molecule has 0 fully saturated rings. The van der Waals surface area contributed by atoms with Gasteiger partial charge in [-0.3, -0.25) is 4.79 Å². The quantitative estimate of drug-likeness (QED) is 0.848. The van der Waals surface area contributed by atoms with Crippen LogP contribution in [0.5, 0.6) is 0 Å². The van der Waals surface area contributed by atoms with Crippen LogP contribution in [0.1, 0.15) is 17.1 Å². The zero-order valence-corrected chi connectivity index (χ0v) is 11.0.